The van der Waals surface area contributed by atoms with E-state index in [1.54, 1.807) is 9.80 Å². The molecule has 1 atom stereocenters. The smallest absolute Gasteiger partial charge is 0.317 e. The molecule has 0 spiro atoms. The Hall–Kier alpha value is -2.57. The van der Waals surface area contributed by atoms with Crippen LogP contribution in [-0.4, -0.2) is 55.6 Å². The normalized spacial score (nSPS) is 21.0. The molecule has 0 aliphatic carbocycles. The van der Waals surface area contributed by atoms with E-state index >= 15 is 0 Å². The van der Waals surface area contributed by atoms with Crippen molar-refractivity contribution in [3.63, 3.8) is 0 Å². The Morgan fingerprint density at radius 1 is 1.15 bits per heavy atom. The van der Waals surface area contributed by atoms with Crippen LogP contribution in [0, 0.1) is 12.8 Å². The summed E-state index contributed by atoms with van der Waals surface area (Å²) in [6.45, 7) is 3.52. The van der Waals surface area contributed by atoms with Crippen molar-refractivity contribution in [1.82, 2.24) is 10.2 Å². The van der Waals surface area contributed by atoms with Gasteiger partial charge in [0.15, 0.2) is 0 Å². The number of amides is 3. The second-order valence-electron chi connectivity index (χ2n) is 6.97. The Morgan fingerprint density at radius 2 is 1.81 bits per heavy atom. The molecule has 0 bridgehead atoms. The van der Waals surface area contributed by atoms with E-state index < -0.39 is 0 Å². The molecular formula is C19H25N3O4. The van der Waals surface area contributed by atoms with Gasteiger partial charge in [-0.2, -0.15) is 0 Å². The average molecular weight is 359 g/mol. The number of aryl methyl sites for hydroxylation is 1. The maximum absolute atomic E-state index is 12.5. The maximum Gasteiger partial charge on any atom is 0.317 e. The molecular weight excluding hydrogens is 334 g/mol. The lowest BCUT2D eigenvalue weighted by atomic mass is 9.97. The predicted molar refractivity (Wildman–Crippen MR) is 96.8 cm³/mol. The summed E-state index contributed by atoms with van der Waals surface area (Å²) in [4.78, 5) is 39.7. The minimum absolute atomic E-state index is 0.0172. The third-order valence-corrected chi connectivity index (χ3v) is 5.11. The highest BCUT2D eigenvalue weighted by atomic mass is 16.5. The molecule has 3 rings (SSSR count). The van der Waals surface area contributed by atoms with Crippen LogP contribution in [-0.2, 0) is 14.3 Å². The van der Waals surface area contributed by atoms with Crippen LogP contribution in [0.4, 0.5) is 10.5 Å². The van der Waals surface area contributed by atoms with Gasteiger partial charge in [0.05, 0.1) is 19.1 Å². The quantitative estimate of drug-likeness (QED) is 0.833. The van der Waals surface area contributed by atoms with Gasteiger partial charge in [0.2, 0.25) is 5.91 Å². The highest BCUT2D eigenvalue weighted by Crippen LogP contribution is 2.23. The monoisotopic (exact) mass is 359 g/mol. The number of carbonyl (C=O) groups excluding carboxylic acids is 3. The third-order valence-electron chi connectivity index (χ3n) is 5.11. The summed E-state index contributed by atoms with van der Waals surface area (Å²) in [5, 5.41) is 2.96. The van der Waals surface area contributed by atoms with Gasteiger partial charge in [0.1, 0.15) is 0 Å². The van der Waals surface area contributed by atoms with Gasteiger partial charge in [-0.3, -0.25) is 9.59 Å². The molecule has 1 aromatic carbocycles. The summed E-state index contributed by atoms with van der Waals surface area (Å²) in [5.41, 5.74) is 2.00. The molecule has 0 radical (unpaired) electrons. The number of hydrogen-bond acceptors (Lipinski definition) is 4. The van der Waals surface area contributed by atoms with Crippen LogP contribution in [0.2, 0.25) is 0 Å². The third kappa shape index (κ3) is 3.98. The summed E-state index contributed by atoms with van der Waals surface area (Å²) in [7, 11) is 1.39. The van der Waals surface area contributed by atoms with Crippen LogP contribution in [0.15, 0.2) is 24.3 Å². The zero-order valence-corrected chi connectivity index (χ0v) is 15.2. The molecule has 1 aromatic rings. The van der Waals surface area contributed by atoms with Crippen LogP contribution in [0.3, 0.4) is 0 Å². The lowest BCUT2D eigenvalue weighted by Crippen LogP contribution is -2.49. The highest BCUT2D eigenvalue weighted by molar-refractivity contribution is 5.96. The molecule has 7 heteroatoms. The number of piperidine rings is 1. The fourth-order valence-electron chi connectivity index (χ4n) is 3.53. The summed E-state index contributed by atoms with van der Waals surface area (Å²) < 4.78 is 4.76. The van der Waals surface area contributed by atoms with E-state index in [1.807, 2.05) is 31.2 Å². The first kappa shape index (κ1) is 18.2. The lowest BCUT2D eigenvalue weighted by molar-refractivity contribution is -0.146. The number of nitrogens with one attached hydrogen (secondary N) is 1. The van der Waals surface area contributed by atoms with Crippen molar-refractivity contribution in [2.24, 2.45) is 5.92 Å². The van der Waals surface area contributed by atoms with Gasteiger partial charge in [0.25, 0.3) is 0 Å². The van der Waals surface area contributed by atoms with E-state index in [4.69, 9.17) is 4.74 Å². The topological polar surface area (TPSA) is 79.0 Å². The number of rotatable bonds is 3. The summed E-state index contributed by atoms with van der Waals surface area (Å²) in [6, 6.07) is 7.43. The van der Waals surface area contributed by atoms with E-state index in [0.29, 0.717) is 38.9 Å². The minimum atomic E-state index is -0.208. The molecule has 2 aliphatic rings. The van der Waals surface area contributed by atoms with E-state index in [0.717, 1.165) is 11.3 Å². The van der Waals surface area contributed by atoms with Gasteiger partial charge in [-0.25, -0.2) is 4.79 Å². The highest BCUT2D eigenvalue weighted by Gasteiger charge is 2.34. The number of hydrogen-bond donors (Lipinski definition) is 1. The largest absolute Gasteiger partial charge is 0.469 e. The zero-order valence-electron chi connectivity index (χ0n) is 15.2. The number of carbonyl (C=O) groups is 3. The summed E-state index contributed by atoms with van der Waals surface area (Å²) in [5.74, 6) is -0.321. The van der Waals surface area contributed by atoms with E-state index in [9.17, 15) is 14.4 Å². The van der Waals surface area contributed by atoms with E-state index in [2.05, 4.69) is 5.32 Å². The molecule has 2 heterocycles. The molecule has 140 valence electrons. The van der Waals surface area contributed by atoms with Crippen LogP contribution >= 0.6 is 0 Å². The second-order valence-corrected chi connectivity index (χ2v) is 6.97. The molecule has 2 aliphatic heterocycles. The molecule has 0 saturated carbocycles. The number of methoxy groups -OCH3 is 1. The number of ether oxygens (including phenoxy) is 1. The van der Waals surface area contributed by atoms with Crippen LogP contribution in [0.25, 0.3) is 0 Å². The Kier molecular flexibility index (Phi) is 5.44. The summed E-state index contributed by atoms with van der Waals surface area (Å²) >= 11 is 0. The average Bonchev–Trinajstić information content (AvgIpc) is 3.02. The van der Waals surface area contributed by atoms with Crippen LogP contribution in [0.1, 0.15) is 24.8 Å². The van der Waals surface area contributed by atoms with Gasteiger partial charge in [-0.05, 0) is 31.9 Å². The number of nitrogens with zero attached hydrogens (tertiary/aromatic N) is 2. The molecule has 1 N–H and O–H groups in total. The van der Waals surface area contributed by atoms with Gasteiger partial charge in [0, 0.05) is 31.7 Å². The fourth-order valence-corrected chi connectivity index (χ4v) is 3.53. The Labute approximate surface area is 153 Å². The number of likely N-dealkylation sites (tertiary alicyclic amines) is 1. The minimum Gasteiger partial charge on any atom is -0.469 e. The molecule has 0 aromatic heterocycles. The van der Waals surface area contributed by atoms with Gasteiger partial charge < -0.3 is 19.9 Å². The first-order valence-electron chi connectivity index (χ1n) is 8.98. The Bertz CT molecular complexity index is 681. The maximum atomic E-state index is 12.5. The van der Waals surface area contributed by atoms with Crippen molar-refractivity contribution in [3.8, 4) is 0 Å². The number of urea groups is 1. The first-order valence-corrected chi connectivity index (χ1v) is 8.98. The molecule has 7 nitrogen and oxygen atoms in total. The molecule has 2 fully saturated rings. The van der Waals surface area contributed by atoms with Crippen LogP contribution in [0.5, 0.6) is 0 Å². The van der Waals surface area contributed by atoms with Crippen molar-refractivity contribution in [3.05, 3.63) is 29.8 Å². The van der Waals surface area contributed by atoms with Gasteiger partial charge in [-0.1, -0.05) is 17.7 Å². The molecule has 3 amide bonds. The first-order chi connectivity index (χ1) is 12.5. The Morgan fingerprint density at radius 3 is 2.42 bits per heavy atom. The van der Waals surface area contributed by atoms with E-state index in [-0.39, 0.29) is 29.9 Å². The van der Waals surface area contributed by atoms with Crippen molar-refractivity contribution < 1.29 is 19.1 Å². The van der Waals surface area contributed by atoms with Crippen LogP contribution < -0.4 is 10.2 Å². The second kappa shape index (κ2) is 7.76. The number of anilines is 1. The van der Waals surface area contributed by atoms with Crippen molar-refractivity contribution >= 4 is 23.6 Å². The SMILES string of the molecule is COC(=O)C1CCN(C(=O)N[C@@H]2CC(=O)N(c3ccc(C)cc3)C2)CC1. The van der Waals surface area contributed by atoms with Gasteiger partial charge in [-0.15, -0.1) is 0 Å². The summed E-state index contributed by atoms with van der Waals surface area (Å²) in [6.07, 6.45) is 1.52. The van der Waals surface area contributed by atoms with E-state index in [1.165, 1.54) is 7.11 Å². The van der Waals surface area contributed by atoms with Crippen molar-refractivity contribution in [1.29, 1.82) is 0 Å². The van der Waals surface area contributed by atoms with Crippen molar-refractivity contribution in [2.45, 2.75) is 32.2 Å². The lowest BCUT2D eigenvalue weighted by Gasteiger charge is -2.31. The van der Waals surface area contributed by atoms with Gasteiger partial charge >= 0.3 is 12.0 Å². The molecule has 26 heavy (non-hydrogen) atoms. The predicted octanol–water partition coefficient (Wildman–Crippen LogP) is 1.69. The fraction of sp³-hybridized carbons (Fsp3) is 0.526. The molecule has 0 unspecified atom stereocenters. The Balaban J connectivity index is 1.52. The molecule has 2 saturated heterocycles. The standard InChI is InChI=1S/C19H25N3O4/c1-13-3-5-16(6-4-13)22-12-15(11-17(22)23)20-19(25)21-9-7-14(8-10-21)18(24)26-2/h3-6,14-15H,7-12H2,1-2H3,(H,20,25)/t15-/m1/s1. The number of esters is 1. The van der Waals surface area contributed by atoms with Crippen molar-refractivity contribution in [2.75, 3.05) is 31.6 Å². The zero-order chi connectivity index (χ0) is 18.7. The number of benzene rings is 1.